The van der Waals surface area contributed by atoms with E-state index in [0.717, 1.165) is 15.8 Å². The summed E-state index contributed by atoms with van der Waals surface area (Å²) in [6.07, 6.45) is 0. The van der Waals surface area contributed by atoms with Gasteiger partial charge in [-0.3, -0.25) is 0 Å². The maximum atomic E-state index is 6.00. The highest BCUT2D eigenvalue weighted by molar-refractivity contribution is 9.10. The van der Waals surface area contributed by atoms with Crippen LogP contribution in [-0.4, -0.2) is 6.61 Å². The Hall–Kier alpha value is -0.210. The summed E-state index contributed by atoms with van der Waals surface area (Å²) in [5, 5.41) is 0.694. The van der Waals surface area contributed by atoms with Crippen LogP contribution in [0.4, 0.5) is 0 Å². The van der Waals surface area contributed by atoms with Gasteiger partial charge in [0.05, 0.1) is 11.6 Å². The lowest BCUT2D eigenvalue weighted by molar-refractivity contribution is 0.340. The van der Waals surface area contributed by atoms with Crippen molar-refractivity contribution in [2.75, 3.05) is 6.61 Å². The van der Waals surface area contributed by atoms with Gasteiger partial charge in [-0.1, -0.05) is 27.5 Å². The van der Waals surface area contributed by atoms with E-state index in [1.54, 1.807) is 0 Å². The van der Waals surface area contributed by atoms with Crippen LogP contribution < -0.4 is 4.74 Å². The van der Waals surface area contributed by atoms with E-state index in [0.29, 0.717) is 11.6 Å². The molecule has 1 nitrogen and oxygen atoms in total. The fraction of sp³-hybridized carbons (Fsp3) is 0.333. The van der Waals surface area contributed by atoms with E-state index in [9.17, 15) is 0 Å². The van der Waals surface area contributed by atoms with Gasteiger partial charge >= 0.3 is 0 Å². The molecule has 1 aromatic carbocycles. The molecule has 3 heteroatoms. The lowest BCUT2D eigenvalue weighted by Gasteiger charge is -2.07. The van der Waals surface area contributed by atoms with Crippen LogP contribution in [0.1, 0.15) is 12.5 Å². The topological polar surface area (TPSA) is 9.23 Å². The molecule has 0 aromatic heterocycles. The predicted octanol–water partition coefficient (Wildman–Crippen LogP) is 3.81. The van der Waals surface area contributed by atoms with Crippen LogP contribution in [0.25, 0.3) is 0 Å². The van der Waals surface area contributed by atoms with Gasteiger partial charge in [0.25, 0.3) is 0 Å². The Balaban J connectivity index is 3.09. The molecule has 0 aliphatic rings. The molecule has 0 bridgehead atoms. The third-order valence-electron chi connectivity index (χ3n) is 1.49. The van der Waals surface area contributed by atoms with Crippen LogP contribution in [0.2, 0.25) is 5.02 Å². The Bertz CT molecular complexity index is 286. The Labute approximate surface area is 85.8 Å². The SMILES string of the molecule is CCOc1cc(Br)cc(C)c1Cl. The smallest absolute Gasteiger partial charge is 0.139 e. The zero-order valence-corrected chi connectivity index (χ0v) is 9.37. The average Bonchev–Trinajstić information content (AvgIpc) is 2.00. The lowest BCUT2D eigenvalue weighted by Crippen LogP contribution is -1.93. The second-order valence-electron chi connectivity index (χ2n) is 2.47. The van der Waals surface area contributed by atoms with E-state index < -0.39 is 0 Å². The van der Waals surface area contributed by atoms with Crippen molar-refractivity contribution < 1.29 is 4.74 Å². The third-order valence-corrected chi connectivity index (χ3v) is 2.43. The Morgan fingerprint density at radius 1 is 1.50 bits per heavy atom. The Kier molecular flexibility index (Phi) is 3.41. The summed E-state index contributed by atoms with van der Waals surface area (Å²) in [7, 11) is 0. The molecule has 66 valence electrons. The third kappa shape index (κ3) is 2.14. The van der Waals surface area contributed by atoms with Crippen molar-refractivity contribution in [3.63, 3.8) is 0 Å². The molecule has 0 aliphatic carbocycles. The van der Waals surface area contributed by atoms with Gasteiger partial charge in [-0.15, -0.1) is 0 Å². The van der Waals surface area contributed by atoms with Crippen LogP contribution in [0.15, 0.2) is 16.6 Å². The minimum absolute atomic E-state index is 0.635. The highest BCUT2D eigenvalue weighted by Crippen LogP contribution is 2.31. The number of halogens is 2. The molecule has 0 atom stereocenters. The van der Waals surface area contributed by atoms with E-state index in [2.05, 4.69) is 15.9 Å². The molecule has 0 spiro atoms. The molecule has 12 heavy (non-hydrogen) atoms. The number of ether oxygens (including phenoxy) is 1. The first-order chi connectivity index (χ1) is 5.65. The standard InChI is InChI=1S/C9H10BrClO/c1-3-12-8-5-7(10)4-6(2)9(8)11/h4-5H,3H2,1-2H3. The maximum absolute atomic E-state index is 6.00. The van der Waals surface area contributed by atoms with Crippen molar-refractivity contribution in [1.29, 1.82) is 0 Å². The largest absolute Gasteiger partial charge is 0.492 e. The average molecular weight is 250 g/mol. The summed E-state index contributed by atoms with van der Waals surface area (Å²) >= 11 is 9.38. The summed E-state index contributed by atoms with van der Waals surface area (Å²) in [4.78, 5) is 0. The highest BCUT2D eigenvalue weighted by atomic mass is 79.9. The summed E-state index contributed by atoms with van der Waals surface area (Å²) < 4.78 is 6.33. The number of hydrogen-bond acceptors (Lipinski definition) is 1. The molecule has 0 amide bonds. The zero-order chi connectivity index (χ0) is 9.14. The normalized spacial score (nSPS) is 10.0. The molecular weight excluding hydrogens is 239 g/mol. The first kappa shape index (κ1) is 9.87. The second-order valence-corrected chi connectivity index (χ2v) is 3.76. The van der Waals surface area contributed by atoms with Crippen LogP contribution >= 0.6 is 27.5 Å². The first-order valence-corrected chi connectivity index (χ1v) is 4.90. The summed E-state index contributed by atoms with van der Waals surface area (Å²) in [5.41, 5.74) is 1.02. The van der Waals surface area contributed by atoms with E-state index in [1.807, 2.05) is 26.0 Å². The van der Waals surface area contributed by atoms with Crippen molar-refractivity contribution >= 4 is 27.5 Å². The molecular formula is C9H10BrClO. The first-order valence-electron chi connectivity index (χ1n) is 3.73. The molecule has 0 heterocycles. The second kappa shape index (κ2) is 4.15. The predicted molar refractivity (Wildman–Crippen MR) is 55.1 cm³/mol. The maximum Gasteiger partial charge on any atom is 0.139 e. The zero-order valence-electron chi connectivity index (χ0n) is 7.03. The Morgan fingerprint density at radius 2 is 2.17 bits per heavy atom. The monoisotopic (exact) mass is 248 g/mol. The minimum atomic E-state index is 0.635. The molecule has 0 N–H and O–H groups in total. The Morgan fingerprint density at radius 3 is 2.75 bits per heavy atom. The summed E-state index contributed by atoms with van der Waals surface area (Å²) in [6, 6.07) is 3.84. The van der Waals surface area contributed by atoms with Crippen LogP contribution in [0, 0.1) is 6.92 Å². The molecule has 1 rings (SSSR count). The summed E-state index contributed by atoms with van der Waals surface area (Å²) in [6.45, 7) is 4.53. The molecule has 0 radical (unpaired) electrons. The summed E-state index contributed by atoms with van der Waals surface area (Å²) in [5.74, 6) is 0.742. The van der Waals surface area contributed by atoms with Gasteiger partial charge in [-0.05, 0) is 31.5 Å². The van der Waals surface area contributed by atoms with Crippen molar-refractivity contribution in [2.24, 2.45) is 0 Å². The fourth-order valence-electron chi connectivity index (χ4n) is 0.955. The van der Waals surface area contributed by atoms with Gasteiger partial charge in [-0.25, -0.2) is 0 Å². The molecule has 0 saturated carbocycles. The number of aryl methyl sites for hydroxylation is 1. The van der Waals surface area contributed by atoms with Gasteiger partial charge in [0.2, 0.25) is 0 Å². The van der Waals surface area contributed by atoms with Gasteiger partial charge in [0.15, 0.2) is 0 Å². The molecule has 0 unspecified atom stereocenters. The van der Waals surface area contributed by atoms with E-state index >= 15 is 0 Å². The van der Waals surface area contributed by atoms with Crippen molar-refractivity contribution in [3.8, 4) is 5.75 Å². The van der Waals surface area contributed by atoms with E-state index in [4.69, 9.17) is 16.3 Å². The van der Waals surface area contributed by atoms with Crippen LogP contribution in [-0.2, 0) is 0 Å². The van der Waals surface area contributed by atoms with Crippen molar-refractivity contribution in [3.05, 3.63) is 27.2 Å². The van der Waals surface area contributed by atoms with Crippen molar-refractivity contribution in [2.45, 2.75) is 13.8 Å². The fourth-order valence-corrected chi connectivity index (χ4v) is 1.67. The van der Waals surface area contributed by atoms with Crippen LogP contribution in [0.5, 0.6) is 5.75 Å². The van der Waals surface area contributed by atoms with E-state index in [-0.39, 0.29) is 0 Å². The molecule has 1 aromatic rings. The minimum Gasteiger partial charge on any atom is -0.492 e. The number of rotatable bonds is 2. The molecule has 0 aliphatic heterocycles. The quantitative estimate of drug-likeness (QED) is 0.774. The van der Waals surface area contributed by atoms with Gasteiger partial charge < -0.3 is 4.74 Å². The highest BCUT2D eigenvalue weighted by Gasteiger charge is 2.04. The van der Waals surface area contributed by atoms with Gasteiger partial charge in [0.1, 0.15) is 5.75 Å². The van der Waals surface area contributed by atoms with Gasteiger partial charge in [0, 0.05) is 4.47 Å². The van der Waals surface area contributed by atoms with Crippen LogP contribution in [0.3, 0.4) is 0 Å². The van der Waals surface area contributed by atoms with Gasteiger partial charge in [-0.2, -0.15) is 0 Å². The number of benzene rings is 1. The lowest BCUT2D eigenvalue weighted by atomic mass is 10.2. The number of hydrogen-bond donors (Lipinski definition) is 0. The van der Waals surface area contributed by atoms with Crippen molar-refractivity contribution in [1.82, 2.24) is 0 Å². The molecule has 0 saturated heterocycles. The molecule has 0 fully saturated rings. The van der Waals surface area contributed by atoms with E-state index in [1.165, 1.54) is 0 Å².